The number of aromatic nitrogens is 1. The molecule has 0 saturated heterocycles. The van der Waals surface area contributed by atoms with Gasteiger partial charge in [0.15, 0.2) is 0 Å². The number of aliphatic hydroxyl groups is 1. The summed E-state index contributed by atoms with van der Waals surface area (Å²) in [7, 11) is 0. The van der Waals surface area contributed by atoms with Gasteiger partial charge in [0.05, 0.1) is 6.10 Å². The Balaban J connectivity index is 2.28. The van der Waals surface area contributed by atoms with E-state index in [1.54, 1.807) is 0 Å². The van der Waals surface area contributed by atoms with E-state index in [1.807, 2.05) is 0 Å². The van der Waals surface area contributed by atoms with Crippen LogP contribution in [0.1, 0.15) is 24.5 Å². The number of hydrogen-bond donors (Lipinski definition) is 1. The van der Waals surface area contributed by atoms with Gasteiger partial charge in [0.25, 0.3) is 0 Å². The predicted molar refractivity (Wildman–Crippen MR) is 46.9 cm³/mol. The molecule has 0 aromatic carbocycles. The number of rotatable bonds is 2. The maximum atomic E-state index is 13.1. The van der Waals surface area contributed by atoms with Crippen LogP contribution >= 0.6 is 11.6 Å². The van der Waals surface area contributed by atoms with Gasteiger partial charge in [-0.15, -0.1) is 0 Å². The van der Waals surface area contributed by atoms with Crippen molar-refractivity contribution in [3.05, 3.63) is 28.8 Å². The quantitative estimate of drug-likeness (QED) is 0.745. The van der Waals surface area contributed by atoms with Crippen molar-refractivity contribution in [2.24, 2.45) is 5.92 Å². The third-order valence-corrected chi connectivity index (χ3v) is 2.44. The predicted octanol–water partition coefficient (Wildman–Crippen LogP) is 2.32. The Bertz CT molecular complexity index is 327. The highest BCUT2D eigenvalue weighted by Crippen LogP contribution is 2.41. The average Bonchev–Trinajstić information content (AvgIpc) is 2.85. The SMILES string of the molecule is OC(c1ccc(Cl)nc1F)C1CC1. The lowest BCUT2D eigenvalue weighted by Crippen LogP contribution is -2.04. The Kier molecular flexibility index (Phi) is 2.22. The lowest BCUT2D eigenvalue weighted by Gasteiger charge is -2.09. The highest BCUT2D eigenvalue weighted by atomic mass is 35.5. The van der Waals surface area contributed by atoms with Crippen molar-refractivity contribution in [1.29, 1.82) is 0 Å². The van der Waals surface area contributed by atoms with Gasteiger partial charge in [-0.25, -0.2) is 4.98 Å². The number of pyridine rings is 1. The number of aliphatic hydroxyl groups excluding tert-OH is 1. The molecule has 1 aliphatic rings. The fraction of sp³-hybridized carbons (Fsp3) is 0.444. The zero-order chi connectivity index (χ0) is 9.42. The molecule has 1 aromatic heterocycles. The molecule has 1 N–H and O–H groups in total. The summed E-state index contributed by atoms with van der Waals surface area (Å²) >= 11 is 5.48. The van der Waals surface area contributed by atoms with Gasteiger partial charge in [-0.1, -0.05) is 11.6 Å². The molecule has 1 aromatic rings. The van der Waals surface area contributed by atoms with E-state index in [0.717, 1.165) is 12.8 Å². The molecule has 1 aliphatic carbocycles. The van der Waals surface area contributed by atoms with Gasteiger partial charge in [-0.2, -0.15) is 4.39 Å². The summed E-state index contributed by atoms with van der Waals surface area (Å²) in [6, 6.07) is 2.99. The maximum absolute atomic E-state index is 13.1. The van der Waals surface area contributed by atoms with Crippen molar-refractivity contribution in [3.63, 3.8) is 0 Å². The largest absolute Gasteiger partial charge is 0.388 e. The van der Waals surface area contributed by atoms with E-state index >= 15 is 0 Å². The fourth-order valence-corrected chi connectivity index (χ4v) is 1.45. The lowest BCUT2D eigenvalue weighted by atomic mass is 10.1. The van der Waals surface area contributed by atoms with E-state index in [2.05, 4.69) is 4.98 Å². The highest BCUT2D eigenvalue weighted by molar-refractivity contribution is 6.29. The summed E-state index contributed by atoms with van der Waals surface area (Å²) in [4.78, 5) is 3.44. The second-order valence-electron chi connectivity index (χ2n) is 3.30. The summed E-state index contributed by atoms with van der Waals surface area (Å²) in [6.07, 6.45) is 1.21. The molecular formula is C9H9ClFNO. The summed E-state index contributed by atoms with van der Waals surface area (Å²) < 4.78 is 13.1. The summed E-state index contributed by atoms with van der Waals surface area (Å²) in [6.45, 7) is 0. The van der Waals surface area contributed by atoms with E-state index in [4.69, 9.17) is 11.6 Å². The summed E-state index contributed by atoms with van der Waals surface area (Å²) in [5, 5.41) is 9.72. The van der Waals surface area contributed by atoms with Crippen LogP contribution in [0.5, 0.6) is 0 Å². The molecule has 1 fully saturated rings. The summed E-state index contributed by atoms with van der Waals surface area (Å²) in [5.41, 5.74) is 0.256. The molecule has 0 bridgehead atoms. The van der Waals surface area contributed by atoms with Crippen LogP contribution in [0.25, 0.3) is 0 Å². The van der Waals surface area contributed by atoms with Crippen LogP contribution in [0.4, 0.5) is 4.39 Å². The van der Waals surface area contributed by atoms with Gasteiger partial charge < -0.3 is 5.11 Å². The van der Waals surface area contributed by atoms with Gasteiger partial charge in [0.1, 0.15) is 5.15 Å². The molecule has 0 aliphatic heterocycles. The topological polar surface area (TPSA) is 33.1 Å². The molecular weight excluding hydrogens is 193 g/mol. The molecule has 1 unspecified atom stereocenters. The normalized spacial score (nSPS) is 18.7. The van der Waals surface area contributed by atoms with Crippen molar-refractivity contribution < 1.29 is 9.50 Å². The molecule has 13 heavy (non-hydrogen) atoms. The van der Waals surface area contributed by atoms with Gasteiger partial charge in [0, 0.05) is 5.56 Å². The average molecular weight is 202 g/mol. The van der Waals surface area contributed by atoms with Gasteiger partial charge >= 0.3 is 0 Å². The zero-order valence-electron chi connectivity index (χ0n) is 6.87. The minimum Gasteiger partial charge on any atom is -0.388 e. The Labute approximate surface area is 80.4 Å². The maximum Gasteiger partial charge on any atom is 0.220 e. The summed E-state index contributed by atoms with van der Waals surface area (Å²) in [5.74, 6) is -0.454. The number of nitrogens with zero attached hydrogens (tertiary/aromatic N) is 1. The van der Waals surface area contributed by atoms with Crippen LogP contribution < -0.4 is 0 Å². The molecule has 0 spiro atoms. The standard InChI is InChI=1S/C9H9ClFNO/c10-7-4-3-6(9(11)12-7)8(13)5-1-2-5/h3-5,8,13H,1-2H2. The third kappa shape index (κ3) is 1.81. The van der Waals surface area contributed by atoms with Crippen LogP contribution in [-0.2, 0) is 0 Å². The van der Waals surface area contributed by atoms with Gasteiger partial charge in [0.2, 0.25) is 5.95 Å². The van der Waals surface area contributed by atoms with Gasteiger partial charge in [-0.3, -0.25) is 0 Å². The van der Waals surface area contributed by atoms with E-state index < -0.39 is 12.1 Å². The monoisotopic (exact) mass is 201 g/mol. The van der Waals surface area contributed by atoms with Crippen molar-refractivity contribution >= 4 is 11.6 Å². The minimum absolute atomic E-state index is 0.115. The molecule has 0 radical (unpaired) electrons. The first kappa shape index (κ1) is 8.91. The highest BCUT2D eigenvalue weighted by Gasteiger charge is 2.32. The first-order chi connectivity index (χ1) is 6.18. The molecule has 1 atom stereocenters. The molecule has 1 saturated carbocycles. The molecule has 70 valence electrons. The van der Waals surface area contributed by atoms with Crippen LogP contribution in [0.3, 0.4) is 0 Å². The van der Waals surface area contributed by atoms with Crippen molar-refractivity contribution in [2.75, 3.05) is 0 Å². The number of hydrogen-bond acceptors (Lipinski definition) is 2. The van der Waals surface area contributed by atoms with E-state index in [0.29, 0.717) is 0 Å². The Morgan fingerprint density at radius 2 is 2.23 bits per heavy atom. The first-order valence-corrected chi connectivity index (χ1v) is 4.56. The molecule has 1 heterocycles. The molecule has 4 heteroatoms. The molecule has 0 amide bonds. The second kappa shape index (κ2) is 3.24. The van der Waals surface area contributed by atoms with E-state index in [1.165, 1.54) is 12.1 Å². The Morgan fingerprint density at radius 1 is 1.54 bits per heavy atom. The van der Waals surface area contributed by atoms with Crippen LogP contribution in [0.2, 0.25) is 5.15 Å². The van der Waals surface area contributed by atoms with Crippen LogP contribution in [0.15, 0.2) is 12.1 Å². The lowest BCUT2D eigenvalue weighted by molar-refractivity contribution is 0.148. The Hall–Kier alpha value is -0.670. The first-order valence-electron chi connectivity index (χ1n) is 4.18. The molecule has 2 nitrogen and oxygen atoms in total. The van der Waals surface area contributed by atoms with Crippen LogP contribution in [0, 0.1) is 11.9 Å². The van der Waals surface area contributed by atoms with Crippen molar-refractivity contribution in [1.82, 2.24) is 4.98 Å². The third-order valence-electron chi connectivity index (χ3n) is 2.23. The second-order valence-corrected chi connectivity index (χ2v) is 3.68. The molecule has 2 rings (SSSR count). The zero-order valence-corrected chi connectivity index (χ0v) is 7.63. The van der Waals surface area contributed by atoms with E-state index in [9.17, 15) is 9.50 Å². The Morgan fingerprint density at radius 3 is 2.77 bits per heavy atom. The fourth-order valence-electron chi connectivity index (χ4n) is 1.31. The van der Waals surface area contributed by atoms with Crippen LogP contribution in [-0.4, -0.2) is 10.1 Å². The van der Waals surface area contributed by atoms with Gasteiger partial charge in [-0.05, 0) is 30.9 Å². The minimum atomic E-state index is -0.718. The van der Waals surface area contributed by atoms with Crippen molar-refractivity contribution in [3.8, 4) is 0 Å². The van der Waals surface area contributed by atoms with E-state index in [-0.39, 0.29) is 16.6 Å². The smallest absolute Gasteiger partial charge is 0.220 e. The van der Waals surface area contributed by atoms with Crippen molar-refractivity contribution in [2.45, 2.75) is 18.9 Å². The number of halogens is 2.